The second-order valence-electron chi connectivity index (χ2n) is 5.80. The van der Waals surface area contributed by atoms with Crippen LogP contribution in [0.4, 0.5) is 18.9 Å². The number of anilines is 1. The van der Waals surface area contributed by atoms with Crippen molar-refractivity contribution >= 4 is 15.7 Å². The lowest BCUT2D eigenvalue weighted by Gasteiger charge is -2.23. The van der Waals surface area contributed by atoms with Gasteiger partial charge in [-0.05, 0) is 35.5 Å². The molecule has 0 aliphatic carbocycles. The Bertz CT molecular complexity index is 1100. The molecule has 1 aromatic heterocycles. The first-order chi connectivity index (χ1) is 13.5. The van der Waals surface area contributed by atoms with E-state index < -0.39 is 22.1 Å². The highest BCUT2D eigenvalue weighted by Gasteiger charge is 2.32. The number of sulfonamides is 1. The summed E-state index contributed by atoms with van der Waals surface area (Å²) in [7, 11) is -1.07. The largest absolute Gasteiger partial charge is 0.573 e. The number of benzene rings is 2. The van der Waals surface area contributed by atoms with Crippen molar-refractivity contribution < 1.29 is 26.3 Å². The zero-order valence-corrected chi connectivity index (χ0v) is 15.9. The SMILES string of the molecule is CN(NS(=O)(=O)c1ccccc1)c1ccc(OC(F)(F)F)cc1-c1nnn(C)n1. The summed E-state index contributed by atoms with van der Waals surface area (Å²) in [6.07, 6.45) is -4.89. The molecule has 0 aliphatic rings. The Morgan fingerprint density at radius 1 is 1.14 bits per heavy atom. The molecule has 9 nitrogen and oxygen atoms in total. The van der Waals surface area contributed by atoms with E-state index in [1.807, 2.05) is 0 Å². The van der Waals surface area contributed by atoms with Crippen molar-refractivity contribution in [3.8, 4) is 17.1 Å². The molecule has 29 heavy (non-hydrogen) atoms. The highest BCUT2D eigenvalue weighted by molar-refractivity contribution is 7.89. The van der Waals surface area contributed by atoms with Gasteiger partial charge in [-0.25, -0.2) is 8.42 Å². The topological polar surface area (TPSA) is 102 Å². The number of tetrazole rings is 1. The number of halogens is 3. The molecule has 0 aliphatic heterocycles. The van der Waals surface area contributed by atoms with Gasteiger partial charge in [-0.15, -0.1) is 28.2 Å². The van der Waals surface area contributed by atoms with Gasteiger partial charge in [0.15, 0.2) is 0 Å². The standard InChI is InChI=1S/C16H15F3N6O3S/c1-24(23-29(26,27)12-6-4-3-5-7-12)14-9-8-11(28-16(17,18)19)10-13(14)15-20-22-25(2)21-15/h3-10,23H,1-2H3. The maximum Gasteiger partial charge on any atom is 0.573 e. The number of hydrazine groups is 1. The fourth-order valence-electron chi connectivity index (χ4n) is 2.46. The molecule has 0 atom stereocenters. The van der Waals surface area contributed by atoms with E-state index in [1.54, 1.807) is 18.2 Å². The van der Waals surface area contributed by atoms with Gasteiger partial charge < -0.3 is 4.74 Å². The van der Waals surface area contributed by atoms with Crippen molar-refractivity contribution in [1.29, 1.82) is 0 Å². The number of nitrogens with one attached hydrogen (secondary N) is 1. The summed E-state index contributed by atoms with van der Waals surface area (Å²) < 4.78 is 66.8. The molecular weight excluding hydrogens is 413 g/mol. The van der Waals surface area contributed by atoms with Gasteiger partial charge in [0, 0.05) is 7.05 Å². The van der Waals surface area contributed by atoms with E-state index in [9.17, 15) is 21.6 Å². The number of aromatic nitrogens is 4. The minimum Gasteiger partial charge on any atom is -0.406 e. The summed E-state index contributed by atoms with van der Waals surface area (Å²) in [5, 5.41) is 12.5. The van der Waals surface area contributed by atoms with E-state index in [2.05, 4.69) is 25.0 Å². The molecule has 3 aromatic rings. The third-order valence-corrected chi connectivity index (χ3v) is 5.03. The minimum atomic E-state index is -4.89. The quantitative estimate of drug-likeness (QED) is 0.600. The van der Waals surface area contributed by atoms with Crippen LogP contribution < -0.4 is 14.6 Å². The van der Waals surface area contributed by atoms with Crippen molar-refractivity contribution in [3.63, 3.8) is 0 Å². The summed E-state index contributed by atoms with van der Waals surface area (Å²) in [4.78, 5) is 3.47. The number of nitrogens with zero attached hydrogens (tertiary/aromatic N) is 5. The van der Waals surface area contributed by atoms with E-state index in [1.165, 1.54) is 32.3 Å². The first-order valence-corrected chi connectivity index (χ1v) is 9.49. The second kappa shape index (κ2) is 7.67. The first kappa shape index (κ1) is 20.5. The third kappa shape index (κ3) is 5.00. The zero-order chi connectivity index (χ0) is 21.2. The highest BCUT2D eigenvalue weighted by atomic mass is 32.2. The molecular formula is C16H15F3N6O3S. The first-order valence-electron chi connectivity index (χ1n) is 8.00. The van der Waals surface area contributed by atoms with Crippen LogP contribution in [0.5, 0.6) is 5.75 Å². The lowest BCUT2D eigenvalue weighted by atomic mass is 10.1. The molecule has 2 aromatic carbocycles. The number of hydrogen-bond donors (Lipinski definition) is 1. The van der Waals surface area contributed by atoms with Crippen LogP contribution in [0.1, 0.15) is 0 Å². The molecule has 0 fully saturated rings. The molecule has 0 saturated carbocycles. The molecule has 13 heteroatoms. The van der Waals surface area contributed by atoms with Gasteiger partial charge >= 0.3 is 6.36 Å². The molecule has 1 heterocycles. The summed E-state index contributed by atoms with van der Waals surface area (Å²) in [6.45, 7) is 0. The fourth-order valence-corrected chi connectivity index (χ4v) is 3.54. The lowest BCUT2D eigenvalue weighted by molar-refractivity contribution is -0.274. The maximum atomic E-state index is 12.6. The summed E-state index contributed by atoms with van der Waals surface area (Å²) in [6, 6.07) is 11.0. The van der Waals surface area contributed by atoms with Crippen molar-refractivity contribution in [2.24, 2.45) is 7.05 Å². The predicted molar refractivity (Wildman–Crippen MR) is 96.1 cm³/mol. The molecule has 0 amide bonds. The van der Waals surface area contributed by atoms with E-state index in [0.29, 0.717) is 0 Å². The van der Waals surface area contributed by atoms with Crippen LogP contribution in [-0.2, 0) is 17.1 Å². The van der Waals surface area contributed by atoms with E-state index in [0.717, 1.165) is 21.9 Å². The van der Waals surface area contributed by atoms with Crippen molar-refractivity contribution in [1.82, 2.24) is 25.0 Å². The molecule has 154 valence electrons. The summed E-state index contributed by atoms with van der Waals surface area (Å²) in [5.74, 6) is -0.524. The van der Waals surface area contributed by atoms with Crippen LogP contribution in [0.25, 0.3) is 11.4 Å². The van der Waals surface area contributed by atoms with Gasteiger partial charge in [0.05, 0.1) is 23.2 Å². The Morgan fingerprint density at radius 3 is 2.41 bits per heavy atom. The van der Waals surface area contributed by atoms with Crippen LogP contribution >= 0.6 is 0 Å². The summed E-state index contributed by atoms with van der Waals surface area (Å²) in [5.41, 5.74) is 0.269. The Morgan fingerprint density at radius 2 is 1.83 bits per heavy atom. The van der Waals surface area contributed by atoms with Gasteiger partial charge in [0.2, 0.25) is 5.82 Å². The Kier molecular flexibility index (Phi) is 5.44. The average molecular weight is 428 g/mol. The van der Waals surface area contributed by atoms with Crippen LogP contribution in [-0.4, -0.2) is 42.0 Å². The molecule has 0 bridgehead atoms. The van der Waals surface area contributed by atoms with Crippen molar-refractivity contribution in [2.45, 2.75) is 11.3 Å². The Hall–Kier alpha value is -3.19. The molecule has 3 rings (SSSR count). The molecule has 0 spiro atoms. The van der Waals surface area contributed by atoms with Gasteiger partial charge in [-0.1, -0.05) is 18.2 Å². The molecule has 1 N–H and O–H groups in total. The number of alkyl halides is 3. The highest BCUT2D eigenvalue weighted by Crippen LogP contribution is 2.33. The molecule has 0 saturated heterocycles. The zero-order valence-electron chi connectivity index (χ0n) is 15.1. The van der Waals surface area contributed by atoms with Crippen LogP contribution in [0.3, 0.4) is 0 Å². The number of ether oxygens (including phenoxy) is 1. The molecule has 0 unspecified atom stereocenters. The van der Waals surface area contributed by atoms with Crippen LogP contribution in [0, 0.1) is 0 Å². The number of aryl methyl sites for hydroxylation is 1. The second-order valence-corrected chi connectivity index (χ2v) is 7.46. The number of hydrogen-bond acceptors (Lipinski definition) is 7. The summed E-state index contributed by atoms with van der Waals surface area (Å²) >= 11 is 0. The smallest absolute Gasteiger partial charge is 0.406 e. The van der Waals surface area contributed by atoms with Gasteiger partial charge in [0.1, 0.15) is 5.75 Å². The van der Waals surface area contributed by atoms with Crippen molar-refractivity contribution in [3.05, 3.63) is 48.5 Å². The van der Waals surface area contributed by atoms with Gasteiger partial charge in [-0.3, -0.25) is 5.01 Å². The van der Waals surface area contributed by atoms with E-state index in [-0.39, 0.29) is 22.0 Å². The van der Waals surface area contributed by atoms with Crippen molar-refractivity contribution in [2.75, 3.05) is 12.1 Å². The third-order valence-electron chi connectivity index (χ3n) is 3.62. The minimum absolute atomic E-state index is 0.0131. The normalized spacial score (nSPS) is 12.0. The monoisotopic (exact) mass is 428 g/mol. The van der Waals surface area contributed by atoms with Gasteiger partial charge in [-0.2, -0.15) is 4.80 Å². The Balaban J connectivity index is 1.99. The van der Waals surface area contributed by atoms with E-state index in [4.69, 9.17) is 0 Å². The predicted octanol–water partition coefficient (Wildman–Crippen LogP) is 2.11. The maximum absolute atomic E-state index is 12.6. The Labute approximate surface area is 163 Å². The van der Waals surface area contributed by atoms with Crippen LogP contribution in [0.15, 0.2) is 53.4 Å². The molecule has 0 radical (unpaired) electrons. The van der Waals surface area contributed by atoms with Crippen LogP contribution in [0.2, 0.25) is 0 Å². The van der Waals surface area contributed by atoms with E-state index >= 15 is 0 Å². The fraction of sp³-hybridized carbons (Fsp3) is 0.188. The lowest BCUT2D eigenvalue weighted by Crippen LogP contribution is -2.39. The number of rotatable bonds is 6. The average Bonchev–Trinajstić information content (AvgIpc) is 3.07. The van der Waals surface area contributed by atoms with Gasteiger partial charge in [0.25, 0.3) is 10.0 Å².